The molecule has 0 radical (unpaired) electrons. The predicted octanol–water partition coefficient (Wildman–Crippen LogP) is 0.811. The fourth-order valence-electron chi connectivity index (χ4n) is 3.46. The third-order valence-electron chi connectivity index (χ3n) is 4.95. The number of aromatic nitrogens is 2. The van der Waals surface area contributed by atoms with Crippen molar-refractivity contribution in [2.24, 2.45) is 5.92 Å². The van der Waals surface area contributed by atoms with Gasteiger partial charge in [-0.15, -0.1) is 0 Å². The lowest BCUT2D eigenvalue weighted by Crippen LogP contribution is -2.51. The van der Waals surface area contributed by atoms with Gasteiger partial charge >= 0.3 is 0 Å². The predicted molar refractivity (Wildman–Crippen MR) is 91.8 cm³/mol. The first-order valence-corrected chi connectivity index (χ1v) is 9.33. The van der Waals surface area contributed by atoms with Crippen LogP contribution in [0.15, 0.2) is 4.52 Å². The standard InChI is InChI=1S/C17H29N5O3/c1-3-24-13(2)16-19-15(25-20-16)12-21-7-9-22(10-8-21)17(23)14-5-4-6-18-11-14/h13-14,18H,3-12H2,1-2H3. The van der Waals surface area contributed by atoms with Gasteiger partial charge in [0, 0.05) is 39.3 Å². The Morgan fingerprint density at radius 2 is 2.20 bits per heavy atom. The van der Waals surface area contributed by atoms with E-state index in [4.69, 9.17) is 9.26 Å². The van der Waals surface area contributed by atoms with Crippen LogP contribution in [0.3, 0.4) is 0 Å². The molecule has 1 aromatic rings. The zero-order valence-electron chi connectivity index (χ0n) is 15.2. The van der Waals surface area contributed by atoms with Crippen LogP contribution >= 0.6 is 0 Å². The van der Waals surface area contributed by atoms with Crippen LogP contribution in [0.4, 0.5) is 0 Å². The van der Waals surface area contributed by atoms with Gasteiger partial charge in [-0.05, 0) is 33.2 Å². The summed E-state index contributed by atoms with van der Waals surface area (Å²) in [4.78, 5) is 21.2. The SMILES string of the molecule is CCOC(C)c1noc(CN2CCN(C(=O)C3CCCNC3)CC2)n1. The highest BCUT2D eigenvalue weighted by Gasteiger charge is 2.29. The molecule has 2 aliphatic heterocycles. The van der Waals surface area contributed by atoms with Gasteiger partial charge in [-0.1, -0.05) is 5.16 Å². The third kappa shape index (κ3) is 4.77. The fraction of sp³-hybridized carbons (Fsp3) is 0.824. The lowest BCUT2D eigenvalue weighted by molar-refractivity contribution is -0.138. The Balaban J connectivity index is 1.45. The molecule has 1 amide bonds. The minimum absolute atomic E-state index is 0.152. The molecule has 8 nitrogen and oxygen atoms in total. The van der Waals surface area contributed by atoms with E-state index in [2.05, 4.69) is 20.4 Å². The Kier molecular flexibility index (Phi) is 6.39. The summed E-state index contributed by atoms with van der Waals surface area (Å²) in [5, 5.41) is 7.32. The largest absolute Gasteiger partial charge is 0.371 e. The molecule has 8 heteroatoms. The van der Waals surface area contributed by atoms with Crippen molar-refractivity contribution in [3.05, 3.63) is 11.7 Å². The van der Waals surface area contributed by atoms with Crippen LogP contribution in [0.5, 0.6) is 0 Å². The molecule has 2 atom stereocenters. The number of hydrogen-bond acceptors (Lipinski definition) is 7. The molecule has 0 saturated carbocycles. The quantitative estimate of drug-likeness (QED) is 0.812. The minimum Gasteiger partial charge on any atom is -0.371 e. The second-order valence-corrected chi connectivity index (χ2v) is 6.79. The third-order valence-corrected chi connectivity index (χ3v) is 4.95. The molecule has 0 aliphatic carbocycles. The topological polar surface area (TPSA) is 83.7 Å². The molecule has 3 heterocycles. The summed E-state index contributed by atoms with van der Waals surface area (Å²) in [5.74, 6) is 1.66. The summed E-state index contributed by atoms with van der Waals surface area (Å²) < 4.78 is 10.8. The lowest BCUT2D eigenvalue weighted by Gasteiger charge is -2.36. The Morgan fingerprint density at radius 3 is 2.88 bits per heavy atom. The molecule has 25 heavy (non-hydrogen) atoms. The van der Waals surface area contributed by atoms with Crippen molar-refractivity contribution in [2.75, 3.05) is 45.9 Å². The van der Waals surface area contributed by atoms with E-state index < -0.39 is 0 Å². The summed E-state index contributed by atoms with van der Waals surface area (Å²) in [6.45, 7) is 10.2. The number of piperidine rings is 1. The van der Waals surface area contributed by atoms with Crippen molar-refractivity contribution >= 4 is 5.91 Å². The molecule has 0 aromatic carbocycles. The number of carbonyl (C=O) groups excluding carboxylic acids is 1. The van der Waals surface area contributed by atoms with E-state index in [0.29, 0.717) is 30.8 Å². The molecule has 2 fully saturated rings. The molecule has 0 spiro atoms. The number of carbonyl (C=O) groups is 1. The number of hydrogen-bond donors (Lipinski definition) is 1. The van der Waals surface area contributed by atoms with Gasteiger partial charge in [0.05, 0.1) is 12.5 Å². The summed E-state index contributed by atoms with van der Waals surface area (Å²) in [6, 6.07) is 0. The second kappa shape index (κ2) is 8.73. The maximum atomic E-state index is 12.6. The van der Waals surface area contributed by atoms with Crippen LogP contribution in [0.25, 0.3) is 0 Å². The van der Waals surface area contributed by atoms with E-state index in [-0.39, 0.29) is 12.0 Å². The minimum atomic E-state index is -0.152. The number of ether oxygens (including phenoxy) is 1. The molecular weight excluding hydrogens is 322 g/mol. The molecule has 0 bridgehead atoms. The molecule has 1 N–H and O–H groups in total. The van der Waals surface area contributed by atoms with E-state index in [1.807, 2.05) is 18.7 Å². The molecule has 1 aromatic heterocycles. The van der Waals surface area contributed by atoms with Gasteiger partial charge in [-0.3, -0.25) is 9.69 Å². The van der Waals surface area contributed by atoms with E-state index in [9.17, 15) is 4.79 Å². The van der Waals surface area contributed by atoms with Gasteiger partial charge in [-0.25, -0.2) is 0 Å². The van der Waals surface area contributed by atoms with Crippen LogP contribution < -0.4 is 5.32 Å². The molecule has 3 rings (SSSR count). The van der Waals surface area contributed by atoms with Crippen molar-refractivity contribution in [2.45, 2.75) is 39.3 Å². The number of piperazine rings is 1. The first kappa shape index (κ1) is 18.3. The van der Waals surface area contributed by atoms with Gasteiger partial charge in [0.2, 0.25) is 11.8 Å². The van der Waals surface area contributed by atoms with Crippen LogP contribution in [-0.2, 0) is 16.1 Å². The maximum Gasteiger partial charge on any atom is 0.240 e. The first-order chi connectivity index (χ1) is 12.2. The highest BCUT2D eigenvalue weighted by molar-refractivity contribution is 5.79. The summed E-state index contributed by atoms with van der Waals surface area (Å²) in [5.41, 5.74) is 0. The second-order valence-electron chi connectivity index (χ2n) is 6.79. The van der Waals surface area contributed by atoms with Crippen molar-refractivity contribution in [1.29, 1.82) is 0 Å². The number of amides is 1. The Labute approximate surface area is 148 Å². The van der Waals surface area contributed by atoms with Crippen LogP contribution in [-0.4, -0.2) is 71.7 Å². The Hall–Kier alpha value is -1.51. The average Bonchev–Trinajstić information content (AvgIpc) is 3.11. The smallest absolute Gasteiger partial charge is 0.240 e. The number of nitrogens with one attached hydrogen (secondary N) is 1. The normalized spacial score (nSPS) is 23.6. The number of rotatable bonds is 6. The molecular formula is C17H29N5O3. The first-order valence-electron chi connectivity index (χ1n) is 9.33. The van der Waals surface area contributed by atoms with E-state index in [0.717, 1.165) is 52.1 Å². The summed E-state index contributed by atoms with van der Waals surface area (Å²) in [7, 11) is 0. The van der Waals surface area contributed by atoms with E-state index in [1.54, 1.807) is 0 Å². The molecule has 140 valence electrons. The van der Waals surface area contributed by atoms with Gasteiger partial charge in [0.25, 0.3) is 0 Å². The lowest BCUT2D eigenvalue weighted by atomic mass is 9.98. The Bertz CT molecular complexity index is 550. The molecule has 2 unspecified atom stereocenters. The van der Waals surface area contributed by atoms with Crippen molar-refractivity contribution in [3.8, 4) is 0 Å². The van der Waals surface area contributed by atoms with Crippen molar-refractivity contribution in [3.63, 3.8) is 0 Å². The maximum absolute atomic E-state index is 12.6. The molecule has 2 aliphatic rings. The van der Waals surface area contributed by atoms with E-state index in [1.165, 1.54) is 0 Å². The highest BCUT2D eigenvalue weighted by atomic mass is 16.5. The van der Waals surface area contributed by atoms with Gasteiger partial charge in [-0.2, -0.15) is 4.98 Å². The summed E-state index contributed by atoms with van der Waals surface area (Å²) in [6.07, 6.45) is 1.95. The molecule has 2 saturated heterocycles. The van der Waals surface area contributed by atoms with E-state index >= 15 is 0 Å². The van der Waals surface area contributed by atoms with Crippen molar-refractivity contribution < 1.29 is 14.1 Å². The Morgan fingerprint density at radius 1 is 1.40 bits per heavy atom. The zero-order valence-corrected chi connectivity index (χ0v) is 15.2. The fourth-order valence-corrected chi connectivity index (χ4v) is 3.46. The number of nitrogens with zero attached hydrogens (tertiary/aromatic N) is 4. The highest BCUT2D eigenvalue weighted by Crippen LogP contribution is 2.17. The van der Waals surface area contributed by atoms with Crippen LogP contribution in [0.1, 0.15) is 44.5 Å². The zero-order chi connectivity index (χ0) is 17.6. The average molecular weight is 351 g/mol. The summed E-state index contributed by atoms with van der Waals surface area (Å²) >= 11 is 0. The van der Waals surface area contributed by atoms with Gasteiger partial charge < -0.3 is 19.5 Å². The van der Waals surface area contributed by atoms with Crippen molar-refractivity contribution in [1.82, 2.24) is 25.3 Å². The van der Waals surface area contributed by atoms with Gasteiger partial charge in [0.1, 0.15) is 6.10 Å². The van der Waals surface area contributed by atoms with Crippen LogP contribution in [0, 0.1) is 5.92 Å². The van der Waals surface area contributed by atoms with Gasteiger partial charge in [0.15, 0.2) is 5.82 Å². The van der Waals surface area contributed by atoms with Crippen LogP contribution in [0.2, 0.25) is 0 Å². The monoisotopic (exact) mass is 351 g/mol.